The van der Waals surface area contributed by atoms with Gasteiger partial charge in [0.25, 0.3) is 0 Å². The van der Waals surface area contributed by atoms with Crippen molar-refractivity contribution >= 4 is 12.1 Å². The number of ether oxygens (including phenoxy) is 1. The lowest BCUT2D eigenvalue weighted by atomic mass is 10.0. The predicted octanol–water partition coefficient (Wildman–Crippen LogP) is 3.41. The summed E-state index contributed by atoms with van der Waals surface area (Å²) in [6.45, 7) is 1.99. The van der Waals surface area contributed by atoms with Crippen molar-refractivity contribution in [3.8, 4) is 11.1 Å². The van der Waals surface area contributed by atoms with Crippen molar-refractivity contribution in [1.29, 1.82) is 0 Å². The van der Waals surface area contributed by atoms with Gasteiger partial charge in [-0.15, -0.1) is 0 Å². The number of carbonyl (C=O) groups is 2. The Morgan fingerprint density at radius 2 is 1.93 bits per heavy atom. The molecule has 0 saturated carbocycles. The fourth-order valence-corrected chi connectivity index (χ4v) is 3.40. The van der Waals surface area contributed by atoms with Gasteiger partial charge >= 0.3 is 12.1 Å². The second kappa shape index (κ2) is 7.80. The molecule has 6 nitrogen and oxygen atoms in total. The number of hydrogen-bond acceptors (Lipinski definition) is 4. The van der Waals surface area contributed by atoms with Gasteiger partial charge in [-0.25, -0.2) is 9.59 Å². The smallest absolute Gasteiger partial charge is 0.409 e. The van der Waals surface area contributed by atoms with E-state index in [2.05, 4.69) is 23.5 Å². The van der Waals surface area contributed by atoms with Gasteiger partial charge in [0.1, 0.15) is 6.61 Å². The van der Waals surface area contributed by atoms with Crippen LogP contribution in [0.1, 0.15) is 42.9 Å². The number of carboxylic acid groups (broad SMARTS) is 1. The molecule has 2 aromatic carbocycles. The van der Waals surface area contributed by atoms with Crippen molar-refractivity contribution in [2.24, 2.45) is 5.73 Å². The molecule has 0 radical (unpaired) electrons. The summed E-state index contributed by atoms with van der Waals surface area (Å²) < 4.78 is 5.28. The maximum absolute atomic E-state index is 12.1. The van der Waals surface area contributed by atoms with Gasteiger partial charge in [-0.3, -0.25) is 11.1 Å². The van der Waals surface area contributed by atoms with Gasteiger partial charge in [-0.2, -0.15) is 0 Å². The molecule has 0 heterocycles. The van der Waals surface area contributed by atoms with E-state index in [9.17, 15) is 14.7 Å². The summed E-state index contributed by atoms with van der Waals surface area (Å²) in [5.74, 6) is -1.27. The number of aliphatic carboxylic acids is 1. The molecule has 3 rings (SSSR count). The van der Waals surface area contributed by atoms with E-state index in [0.29, 0.717) is 6.42 Å². The lowest BCUT2D eigenvalue weighted by Crippen LogP contribution is -2.61. The fraction of sp³-hybridized carbons (Fsp3) is 0.333. The number of hydrogen-bond donors (Lipinski definition) is 3. The molecule has 1 aliphatic carbocycles. The first-order valence-corrected chi connectivity index (χ1v) is 9.11. The molecule has 6 heteroatoms. The number of rotatable bonds is 7. The molecule has 0 fully saturated rings. The van der Waals surface area contributed by atoms with Crippen molar-refractivity contribution < 1.29 is 19.4 Å². The molecule has 1 amide bonds. The number of alkyl carbamates (subject to hydrolysis) is 1. The molecule has 0 aliphatic heterocycles. The van der Waals surface area contributed by atoms with Crippen molar-refractivity contribution in [3.05, 3.63) is 59.2 Å². The molecule has 0 aromatic heterocycles. The predicted molar refractivity (Wildman–Crippen MR) is 102 cm³/mol. The minimum atomic E-state index is -1.82. The zero-order valence-electron chi connectivity index (χ0n) is 15.3. The molecule has 1 atom stereocenters. The van der Waals surface area contributed by atoms with Gasteiger partial charge < -0.3 is 9.84 Å². The Morgan fingerprint density at radius 3 is 2.67 bits per heavy atom. The lowest BCUT2D eigenvalue weighted by molar-refractivity contribution is -0.144. The van der Waals surface area contributed by atoms with Crippen LogP contribution in [0.4, 0.5) is 4.79 Å². The minimum Gasteiger partial charge on any atom is -0.478 e. The lowest BCUT2D eigenvalue weighted by Gasteiger charge is -2.25. The van der Waals surface area contributed by atoms with Crippen LogP contribution in [0, 0.1) is 0 Å². The van der Waals surface area contributed by atoms with Crippen LogP contribution in [-0.4, -0.2) is 22.8 Å². The largest absolute Gasteiger partial charge is 0.478 e. The molecule has 142 valence electrons. The van der Waals surface area contributed by atoms with Crippen LogP contribution >= 0.6 is 0 Å². The highest BCUT2D eigenvalue weighted by molar-refractivity contribution is 5.83. The summed E-state index contributed by atoms with van der Waals surface area (Å²) in [5.41, 5.74) is 9.65. The number of carboxylic acids is 1. The average Bonchev–Trinajstić information content (AvgIpc) is 3.04. The van der Waals surface area contributed by atoms with Crippen molar-refractivity contribution in [2.45, 2.75) is 44.9 Å². The Bertz CT molecular complexity index is 865. The van der Waals surface area contributed by atoms with Gasteiger partial charge in [-0.1, -0.05) is 55.8 Å². The average molecular weight is 368 g/mol. The SMILES string of the molecule is CCCCC(N)(NC(=O)OCc1cccc2c1Cc1ccccc1-2)C(=O)O. The first-order chi connectivity index (χ1) is 12.9. The maximum Gasteiger partial charge on any atom is 0.409 e. The molecular formula is C21H24N2O4. The highest BCUT2D eigenvalue weighted by Crippen LogP contribution is 2.38. The Kier molecular flexibility index (Phi) is 5.46. The number of carbonyl (C=O) groups excluding carboxylic acids is 1. The van der Waals surface area contributed by atoms with Crippen LogP contribution in [0.25, 0.3) is 11.1 Å². The van der Waals surface area contributed by atoms with Crippen molar-refractivity contribution in [2.75, 3.05) is 0 Å². The third-order valence-corrected chi connectivity index (χ3v) is 4.94. The monoisotopic (exact) mass is 368 g/mol. The van der Waals surface area contributed by atoms with Crippen LogP contribution in [0.15, 0.2) is 42.5 Å². The van der Waals surface area contributed by atoms with Crippen LogP contribution in [0.2, 0.25) is 0 Å². The Morgan fingerprint density at radius 1 is 1.19 bits per heavy atom. The summed E-state index contributed by atoms with van der Waals surface area (Å²) in [4.78, 5) is 23.6. The van der Waals surface area contributed by atoms with Crippen LogP contribution < -0.4 is 11.1 Å². The normalized spacial score (nSPS) is 14.0. The van der Waals surface area contributed by atoms with Gasteiger partial charge in [-0.05, 0) is 47.1 Å². The van der Waals surface area contributed by atoms with Crippen LogP contribution in [-0.2, 0) is 22.6 Å². The fourth-order valence-electron chi connectivity index (χ4n) is 3.40. The number of benzene rings is 2. The molecule has 27 heavy (non-hydrogen) atoms. The number of fused-ring (bicyclic) bond motifs is 3. The van der Waals surface area contributed by atoms with Crippen LogP contribution in [0.5, 0.6) is 0 Å². The maximum atomic E-state index is 12.1. The van der Waals surface area contributed by atoms with Gasteiger partial charge in [0.05, 0.1) is 0 Å². The molecule has 0 saturated heterocycles. The third-order valence-electron chi connectivity index (χ3n) is 4.94. The van der Waals surface area contributed by atoms with Gasteiger partial charge in [0.2, 0.25) is 0 Å². The molecule has 4 N–H and O–H groups in total. The minimum absolute atomic E-state index is 0.0620. The van der Waals surface area contributed by atoms with Crippen molar-refractivity contribution in [3.63, 3.8) is 0 Å². The Hall–Kier alpha value is -2.86. The second-order valence-corrected chi connectivity index (χ2v) is 6.86. The van der Waals surface area contributed by atoms with E-state index < -0.39 is 17.7 Å². The highest BCUT2D eigenvalue weighted by Gasteiger charge is 2.35. The summed E-state index contributed by atoms with van der Waals surface area (Å²) in [5, 5.41) is 11.6. The number of amides is 1. The van der Waals surface area contributed by atoms with E-state index in [1.807, 2.05) is 31.2 Å². The molecule has 1 aliphatic rings. The standard InChI is InChI=1S/C21H24N2O4/c1-2-3-11-21(22,19(24)25)23-20(26)27-13-15-8-6-10-17-16-9-5-4-7-14(16)12-18(15)17/h4-10H,2-3,11-13,22H2,1H3,(H,23,26)(H,24,25). The highest BCUT2D eigenvalue weighted by atomic mass is 16.5. The first kappa shape index (κ1) is 18.9. The topological polar surface area (TPSA) is 102 Å². The van der Waals surface area contributed by atoms with E-state index in [1.165, 1.54) is 11.1 Å². The molecule has 0 spiro atoms. The van der Waals surface area contributed by atoms with E-state index in [0.717, 1.165) is 29.5 Å². The quantitative estimate of drug-likeness (QED) is 0.555. The van der Waals surface area contributed by atoms with Crippen molar-refractivity contribution in [1.82, 2.24) is 5.32 Å². The van der Waals surface area contributed by atoms with Gasteiger partial charge in [0.15, 0.2) is 5.66 Å². The molecule has 0 bridgehead atoms. The van der Waals surface area contributed by atoms with E-state index in [4.69, 9.17) is 10.5 Å². The molecule has 2 aromatic rings. The van der Waals surface area contributed by atoms with Gasteiger partial charge in [0, 0.05) is 0 Å². The Balaban J connectivity index is 1.68. The second-order valence-electron chi connectivity index (χ2n) is 6.86. The number of nitrogens with two attached hydrogens (primary N) is 1. The van der Waals surface area contributed by atoms with Crippen LogP contribution in [0.3, 0.4) is 0 Å². The zero-order chi connectivity index (χ0) is 19.4. The Labute approximate surface area is 158 Å². The zero-order valence-corrected chi connectivity index (χ0v) is 15.3. The third kappa shape index (κ3) is 3.95. The summed E-state index contributed by atoms with van der Waals surface area (Å²) in [6, 6.07) is 14.1. The van der Waals surface area contributed by atoms with E-state index in [1.54, 1.807) is 0 Å². The van der Waals surface area contributed by atoms with E-state index in [-0.39, 0.29) is 13.0 Å². The summed E-state index contributed by atoms with van der Waals surface area (Å²) in [7, 11) is 0. The summed E-state index contributed by atoms with van der Waals surface area (Å²) in [6.07, 6.45) is 1.47. The molecular weight excluding hydrogens is 344 g/mol. The number of nitrogens with one attached hydrogen (secondary N) is 1. The number of unbranched alkanes of at least 4 members (excludes halogenated alkanes) is 1. The van der Waals surface area contributed by atoms with E-state index >= 15 is 0 Å². The first-order valence-electron chi connectivity index (χ1n) is 9.11. The summed E-state index contributed by atoms with van der Waals surface area (Å²) >= 11 is 0. The molecule has 1 unspecified atom stereocenters.